The first-order valence-electron chi connectivity index (χ1n) is 26.4. The van der Waals surface area contributed by atoms with Crippen molar-refractivity contribution in [3.05, 3.63) is 100 Å². The number of hydrogen-bond acceptors (Lipinski definition) is 15. The van der Waals surface area contributed by atoms with Crippen molar-refractivity contribution in [3.8, 4) is 11.6 Å². The number of nitrogens with one attached hydrogen (secondary N) is 3. The number of benzene rings is 3. The van der Waals surface area contributed by atoms with E-state index in [1.165, 1.54) is 17.7 Å². The van der Waals surface area contributed by atoms with E-state index in [-0.39, 0.29) is 40.8 Å². The molecule has 0 bridgehead atoms. The number of H-pyrrole nitrogens is 1. The Morgan fingerprint density at radius 2 is 1.77 bits per heavy atom. The van der Waals surface area contributed by atoms with Crippen LogP contribution in [0.4, 0.5) is 28.4 Å². The van der Waals surface area contributed by atoms with Gasteiger partial charge in [0.1, 0.15) is 28.9 Å². The molecule has 1 spiro atoms. The highest BCUT2D eigenvalue weighted by Crippen LogP contribution is 2.54. The first kappa shape index (κ1) is 50.2. The molecular weight excluding hydrogens is 963 g/mol. The smallest absolute Gasteiger partial charge is 0.293 e. The summed E-state index contributed by atoms with van der Waals surface area (Å²) >= 11 is 0. The molecule has 11 rings (SSSR count). The van der Waals surface area contributed by atoms with Crippen molar-refractivity contribution < 1.29 is 37.5 Å². The SMILES string of the molecule is CC(C)Oc1ccccc1[C@H]1CN(C)CCN1C1CC2(CCN(c3ccc(C(=O)NS(=O)(=O)c4ccc(NCC5CCC(C)(O)CC5)c([N+](=O)[O-])c4)c(N4c5cc6cc[nH]c6nc5O[C@H]5COCC[C@@H]54)c3)CC2)C1. The number of aromatic nitrogens is 2. The molecule has 6 heterocycles. The van der Waals surface area contributed by atoms with Gasteiger partial charge in [-0.2, -0.15) is 4.98 Å². The number of piperazine rings is 1. The molecule has 5 fully saturated rings. The molecule has 74 heavy (non-hydrogen) atoms. The Balaban J connectivity index is 0.860. The fraction of sp³-hybridized carbons (Fsp3) is 0.527. The number of nitro benzene ring substituents is 1. The van der Waals surface area contributed by atoms with E-state index in [0.29, 0.717) is 68.0 Å². The third-order valence-electron chi connectivity index (χ3n) is 16.8. The Bertz CT molecular complexity index is 3010. The maximum atomic E-state index is 14.7. The van der Waals surface area contributed by atoms with Gasteiger partial charge in [-0.05, 0) is 145 Å². The lowest BCUT2D eigenvalue weighted by Crippen LogP contribution is -2.59. The third-order valence-corrected chi connectivity index (χ3v) is 18.1. The molecule has 5 aromatic rings. The Hall–Kier alpha value is -5.99. The van der Waals surface area contributed by atoms with Crippen LogP contribution in [0.15, 0.2) is 83.9 Å². The van der Waals surface area contributed by atoms with Crippen LogP contribution in [-0.2, 0) is 14.8 Å². The Morgan fingerprint density at radius 1 is 0.986 bits per heavy atom. The van der Waals surface area contributed by atoms with E-state index < -0.39 is 43.1 Å². The second-order valence-electron chi connectivity index (χ2n) is 22.3. The molecule has 3 atom stereocenters. The minimum absolute atomic E-state index is 0.0865. The highest BCUT2D eigenvalue weighted by atomic mass is 32.2. The van der Waals surface area contributed by atoms with Gasteiger partial charge in [-0.25, -0.2) is 13.1 Å². The summed E-state index contributed by atoms with van der Waals surface area (Å²) in [5, 5.41) is 26.8. The molecule has 0 unspecified atom stereocenters. The number of rotatable bonds is 13. The van der Waals surface area contributed by atoms with Crippen LogP contribution in [-0.4, -0.2) is 134 Å². The predicted molar refractivity (Wildman–Crippen MR) is 283 cm³/mol. The quantitative estimate of drug-likeness (QED) is 0.0648. The number of nitrogens with zero attached hydrogens (tertiary/aromatic N) is 6. The average molecular weight is 1030 g/mol. The number of para-hydroxylation sites is 1. The fourth-order valence-electron chi connectivity index (χ4n) is 12.6. The van der Waals surface area contributed by atoms with E-state index in [0.717, 1.165) is 94.1 Å². The van der Waals surface area contributed by atoms with Crippen LogP contribution in [0.1, 0.15) is 101 Å². The number of ether oxygens (including phenoxy) is 3. The summed E-state index contributed by atoms with van der Waals surface area (Å²) in [5.74, 6) is 0.649. The van der Waals surface area contributed by atoms with Gasteiger partial charge >= 0.3 is 0 Å². The first-order valence-corrected chi connectivity index (χ1v) is 27.9. The van der Waals surface area contributed by atoms with Crippen molar-refractivity contribution in [3.63, 3.8) is 0 Å². The number of pyridine rings is 1. The van der Waals surface area contributed by atoms with Gasteiger partial charge in [0, 0.05) is 80.8 Å². The summed E-state index contributed by atoms with van der Waals surface area (Å²) in [6.07, 6.45) is 9.14. The van der Waals surface area contributed by atoms with Gasteiger partial charge in [0.05, 0.1) is 51.5 Å². The lowest BCUT2D eigenvalue weighted by atomic mass is 9.59. The van der Waals surface area contributed by atoms with Gasteiger partial charge in [-0.3, -0.25) is 19.8 Å². The zero-order valence-electron chi connectivity index (χ0n) is 42.8. The average Bonchev–Trinajstić information content (AvgIpc) is 3.83. The summed E-state index contributed by atoms with van der Waals surface area (Å²) < 4.78 is 49.5. The standard InChI is InChI=1S/C55H69N9O9S/c1-35(2)72-49-8-6-5-7-41(49)48-33-60(4)24-25-62(48)39-30-55(31-39)19-22-61(23-20-55)38-9-11-42(45(28-38)63-44-16-26-71-34-50(44)73-53-47(63)27-37-15-21-56-51(37)58-53)52(65)59-74(69,70)40-10-12-43(46(29-40)64(67)68)57-32-36-13-17-54(3,66)18-14-36/h5-12,15,21,27-29,35-36,39,44,48,50,57,66H,13-14,16-20,22-26,30-34H2,1-4H3,(H,56,58)(H,59,65)/t36?,44-,48+,50-,54?/m0/s1. The molecule has 2 aliphatic carbocycles. The number of carbonyl (C=O) groups excluding carboxylic acids is 1. The lowest BCUT2D eigenvalue weighted by Gasteiger charge is -2.58. The zero-order chi connectivity index (χ0) is 51.5. The molecule has 0 radical (unpaired) electrons. The van der Waals surface area contributed by atoms with Gasteiger partial charge in [0.25, 0.3) is 21.6 Å². The molecule has 2 aromatic heterocycles. The van der Waals surface area contributed by atoms with Crippen LogP contribution in [0, 0.1) is 21.4 Å². The van der Waals surface area contributed by atoms with Gasteiger partial charge < -0.3 is 44.3 Å². The molecule has 3 saturated heterocycles. The molecule has 1 amide bonds. The number of anilines is 4. The first-order chi connectivity index (χ1) is 35.5. The molecule has 394 valence electrons. The van der Waals surface area contributed by atoms with E-state index in [1.54, 1.807) is 6.07 Å². The van der Waals surface area contributed by atoms with Crippen molar-refractivity contribution in [2.45, 2.75) is 119 Å². The minimum atomic E-state index is -4.63. The van der Waals surface area contributed by atoms with Crippen molar-refractivity contribution in [2.24, 2.45) is 11.3 Å². The number of fused-ring (bicyclic) bond motifs is 3. The molecule has 2 saturated carbocycles. The number of hydrogen-bond donors (Lipinski definition) is 4. The topological polar surface area (TPSA) is 208 Å². The molecule has 4 N–H and O–H groups in total. The summed E-state index contributed by atoms with van der Waals surface area (Å²) in [4.78, 5) is 43.7. The van der Waals surface area contributed by atoms with Crippen LogP contribution < -0.4 is 29.3 Å². The number of aliphatic hydroxyl groups is 1. The fourth-order valence-corrected chi connectivity index (χ4v) is 13.6. The Morgan fingerprint density at radius 3 is 2.54 bits per heavy atom. The molecule has 19 heteroatoms. The second kappa shape index (κ2) is 19.9. The van der Waals surface area contributed by atoms with E-state index in [2.05, 4.69) is 79.8 Å². The van der Waals surface area contributed by atoms with Crippen LogP contribution in [0.25, 0.3) is 11.0 Å². The number of aromatic amines is 1. The highest BCUT2D eigenvalue weighted by Gasteiger charge is 2.50. The van der Waals surface area contributed by atoms with E-state index in [9.17, 15) is 28.4 Å². The van der Waals surface area contributed by atoms with Crippen LogP contribution in [0.5, 0.6) is 11.6 Å². The number of piperidine rings is 1. The summed E-state index contributed by atoms with van der Waals surface area (Å²) in [5.41, 5.74) is 3.33. The number of carbonyl (C=O) groups is 1. The number of likely N-dealkylation sites (N-methyl/N-ethyl adjacent to an activating group) is 1. The summed E-state index contributed by atoms with van der Waals surface area (Å²) in [6.45, 7) is 11.8. The molecule has 6 aliphatic rings. The summed E-state index contributed by atoms with van der Waals surface area (Å²) in [7, 11) is -2.42. The lowest BCUT2D eigenvalue weighted by molar-refractivity contribution is -0.384. The van der Waals surface area contributed by atoms with E-state index in [1.807, 2.05) is 37.4 Å². The van der Waals surface area contributed by atoms with Gasteiger partial charge in [0.2, 0.25) is 5.88 Å². The van der Waals surface area contributed by atoms with Crippen LogP contribution in [0.3, 0.4) is 0 Å². The van der Waals surface area contributed by atoms with Crippen molar-refractivity contribution in [1.29, 1.82) is 0 Å². The Kier molecular flexibility index (Phi) is 13.5. The minimum Gasteiger partial charge on any atom is -0.491 e. The second-order valence-corrected chi connectivity index (χ2v) is 24.0. The summed E-state index contributed by atoms with van der Waals surface area (Å²) in [6, 6.07) is 22.1. The van der Waals surface area contributed by atoms with Crippen LogP contribution in [0.2, 0.25) is 0 Å². The van der Waals surface area contributed by atoms with Gasteiger partial charge in [-0.1, -0.05) is 18.2 Å². The maximum Gasteiger partial charge on any atom is 0.293 e. The molecular formula is C55H69N9O9S. The third kappa shape index (κ3) is 10.0. The maximum absolute atomic E-state index is 14.7. The number of nitro groups is 1. The van der Waals surface area contributed by atoms with Gasteiger partial charge in [-0.15, -0.1) is 0 Å². The van der Waals surface area contributed by atoms with Crippen molar-refractivity contribution in [2.75, 3.05) is 74.6 Å². The van der Waals surface area contributed by atoms with Crippen molar-refractivity contribution in [1.82, 2.24) is 24.5 Å². The van der Waals surface area contributed by atoms with Gasteiger partial charge in [0.15, 0.2) is 0 Å². The molecule has 18 nitrogen and oxygen atoms in total. The normalized spacial score (nSPS) is 25.5. The van der Waals surface area contributed by atoms with Crippen LogP contribution >= 0.6 is 0 Å². The molecule has 4 aliphatic heterocycles. The number of sulfonamides is 1. The molecule has 3 aromatic carbocycles. The van der Waals surface area contributed by atoms with E-state index >= 15 is 0 Å². The largest absolute Gasteiger partial charge is 0.491 e. The van der Waals surface area contributed by atoms with Crippen molar-refractivity contribution >= 4 is 55.4 Å². The predicted octanol–water partition coefficient (Wildman–Crippen LogP) is 8.16. The van der Waals surface area contributed by atoms with E-state index in [4.69, 9.17) is 19.2 Å². The monoisotopic (exact) mass is 1030 g/mol. The number of amides is 1. The Labute approximate surface area is 432 Å². The highest BCUT2D eigenvalue weighted by molar-refractivity contribution is 7.90. The zero-order valence-corrected chi connectivity index (χ0v) is 43.6.